The van der Waals surface area contributed by atoms with E-state index in [-0.39, 0.29) is 11.7 Å². The van der Waals surface area contributed by atoms with Gasteiger partial charge in [0.25, 0.3) is 5.91 Å². The number of nitrogens with one attached hydrogen (secondary N) is 1. The monoisotopic (exact) mass is 444 g/mol. The molecule has 0 radical (unpaired) electrons. The van der Waals surface area contributed by atoms with Gasteiger partial charge in [0.1, 0.15) is 0 Å². The third kappa shape index (κ3) is 5.80. The van der Waals surface area contributed by atoms with E-state index >= 15 is 0 Å². The minimum atomic E-state index is -0.588. The number of hydrogen-bond donors (Lipinski definition) is 1. The molecule has 1 heterocycles. The van der Waals surface area contributed by atoms with Crippen LogP contribution in [-0.4, -0.2) is 42.3 Å². The standard InChI is InChI=1S/C27H28N2O2S/c30-26(20-23-13-7-8-14-25(23)29-15-17-32-18-16-29)24(19-21-9-3-1-4-10-21)28-27(31)22-11-5-2-6-12-22/h1-14,24H,15-20H2,(H,28,31). The van der Waals surface area contributed by atoms with Crippen LogP contribution in [0.1, 0.15) is 21.5 Å². The summed E-state index contributed by atoms with van der Waals surface area (Å²) < 4.78 is 0. The number of rotatable bonds is 8. The molecule has 1 unspecified atom stereocenters. The van der Waals surface area contributed by atoms with Crippen LogP contribution in [0.15, 0.2) is 84.9 Å². The lowest BCUT2D eigenvalue weighted by Crippen LogP contribution is -2.43. The number of carbonyl (C=O) groups is 2. The molecular formula is C27H28N2O2S. The van der Waals surface area contributed by atoms with Crippen LogP contribution < -0.4 is 10.2 Å². The second-order valence-corrected chi connectivity index (χ2v) is 9.18. The van der Waals surface area contributed by atoms with Gasteiger partial charge in [-0.25, -0.2) is 0 Å². The van der Waals surface area contributed by atoms with Gasteiger partial charge in [0.2, 0.25) is 0 Å². The van der Waals surface area contributed by atoms with Crippen LogP contribution in [-0.2, 0) is 17.6 Å². The number of benzene rings is 3. The van der Waals surface area contributed by atoms with Crippen molar-refractivity contribution >= 4 is 29.1 Å². The van der Waals surface area contributed by atoms with Gasteiger partial charge in [-0.3, -0.25) is 9.59 Å². The van der Waals surface area contributed by atoms with Crippen molar-refractivity contribution in [3.63, 3.8) is 0 Å². The molecule has 1 atom stereocenters. The van der Waals surface area contributed by atoms with Gasteiger partial charge in [-0.2, -0.15) is 11.8 Å². The van der Waals surface area contributed by atoms with Gasteiger partial charge in [0, 0.05) is 42.3 Å². The number of nitrogens with zero attached hydrogens (tertiary/aromatic N) is 1. The number of Topliss-reactive ketones (excluding diaryl/α,β-unsaturated/α-hetero) is 1. The molecule has 1 N–H and O–H groups in total. The summed E-state index contributed by atoms with van der Waals surface area (Å²) in [4.78, 5) is 28.7. The highest BCUT2D eigenvalue weighted by Gasteiger charge is 2.24. The molecule has 0 bridgehead atoms. The van der Waals surface area contributed by atoms with Crippen LogP contribution in [0, 0.1) is 0 Å². The summed E-state index contributed by atoms with van der Waals surface area (Å²) in [6.07, 6.45) is 0.771. The predicted molar refractivity (Wildman–Crippen MR) is 133 cm³/mol. The molecule has 0 aromatic heterocycles. The molecule has 164 valence electrons. The lowest BCUT2D eigenvalue weighted by Gasteiger charge is -2.30. The number of hydrogen-bond acceptors (Lipinski definition) is 4. The highest BCUT2D eigenvalue weighted by atomic mass is 32.2. The Hall–Kier alpha value is -3.05. The molecule has 0 spiro atoms. The van der Waals surface area contributed by atoms with E-state index in [4.69, 9.17) is 0 Å². The fourth-order valence-electron chi connectivity index (χ4n) is 4.01. The number of thioether (sulfide) groups is 1. The zero-order chi connectivity index (χ0) is 22.2. The highest BCUT2D eigenvalue weighted by molar-refractivity contribution is 7.99. The Morgan fingerprint density at radius 3 is 2.19 bits per heavy atom. The number of carbonyl (C=O) groups excluding carboxylic acids is 2. The Labute approximate surface area is 194 Å². The van der Waals surface area contributed by atoms with E-state index < -0.39 is 6.04 Å². The first-order valence-electron chi connectivity index (χ1n) is 11.0. The molecule has 0 saturated carbocycles. The Bertz CT molecular complexity index is 1030. The quantitative estimate of drug-likeness (QED) is 0.560. The molecule has 4 rings (SSSR count). The van der Waals surface area contributed by atoms with E-state index in [9.17, 15) is 9.59 Å². The summed E-state index contributed by atoms with van der Waals surface area (Å²) in [6, 6.07) is 26.5. The molecule has 5 heteroatoms. The van der Waals surface area contributed by atoms with Crippen molar-refractivity contribution in [1.82, 2.24) is 5.32 Å². The lowest BCUT2D eigenvalue weighted by molar-refractivity contribution is -0.120. The molecule has 1 aliphatic heterocycles. The Morgan fingerprint density at radius 2 is 1.47 bits per heavy atom. The van der Waals surface area contributed by atoms with E-state index in [1.165, 1.54) is 0 Å². The maximum atomic E-state index is 13.5. The molecule has 1 fully saturated rings. The molecule has 1 saturated heterocycles. The predicted octanol–water partition coefficient (Wildman–Crippen LogP) is 4.39. The van der Waals surface area contributed by atoms with Crippen LogP contribution in [0.5, 0.6) is 0 Å². The number of anilines is 1. The van der Waals surface area contributed by atoms with Gasteiger partial charge in [-0.05, 0) is 35.7 Å². The summed E-state index contributed by atoms with van der Waals surface area (Å²) in [6.45, 7) is 1.99. The van der Waals surface area contributed by atoms with Gasteiger partial charge in [-0.15, -0.1) is 0 Å². The van der Waals surface area contributed by atoms with Crippen molar-refractivity contribution in [3.8, 4) is 0 Å². The molecule has 3 aromatic carbocycles. The molecule has 0 aliphatic carbocycles. The molecule has 3 aromatic rings. The van der Waals surface area contributed by atoms with Crippen LogP contribution in [0.25, 0.3) is 0 Å². The van der Waals surface area contributed by atoms with Gasteiger partial charge < -0.3 is 10.2 Å². The van der Waals surface area contributed by atoms with E-state index in [0.29, 0.717) is 18.4 Å². The van der Waals surface area contributed by atoms with Crippen LogP contribution in [0.2, 0.25) is 0 Å². The van der Waals surface area contributed by atoms with Crippen molar-refractivity contribution < 1.29 is 9.59 Å². The third-order valence-corrected chi connectivity index (χ3v) is 6.66. The minimum absolute atomic E-state index is 0.0250. The molecule has 1 aliphatic rings. The maximum Gasteiger partial charge on any atom is 0.251 e. The molecule has 4 nitrogen and oxygen atoms in total. The van der Waals surface area contributed by atoms with E-state index in [2.05, 4.69) is 16.3 Å². The van der Waals surface area contributed by atoms with E-state index in [1.807, 2.05) is 78.5 Å². The highest BCUT2D eigenvalue weighted by Crippen LogP contribution is 2.25. The summed E-state index contributed by atoms with van der Waals surface area (Å²) in [5.41, 5.74) is 3.75. The second-order valence-electron chi connectivity index (χ2n) is 7.95. The Kier molecular flexibility index (Phi) is 7.62. The van der Waals surface area contributed by atoms with Crippen LogP contribution >= 0.6 is 11.8 Å². The topological polar surface area (TPSA) is 49.4 Å². The van der Waals surface area contributed by atoms with Crippen molar-refractivity contribution in [1.29, 1.82) is 0 Å². The number of ketones is 1. The van der Waals surface area contributed by atoms with Gasteiger partial charge in [0.15, 0.2) is 5.78 Å². The fraction of sp³-hybridized carbons (Fsp3) is 0.259. The van der Waals surface area contributed by atoms with E-state index in [1.54, 1.807) is 12.1 Å². The van der Waals surface area contributed by atoms with Crippen molar-refractivity contribution in [2.75, 3.05) is 29.5 Å². The van der Waals surface area contributed by atoms with Crippen LogP contribution in [0.3, 0.4) is 0 Å². The van der Waals surface area contributed by atoms with Crippen molar-refractivity contribution in [3.05, 3.63) is 102 Å². The van der Waals surface area contributed by atoms with Crippen molar-refractivity contribution in [2.24, 2.45) is 0 Å². The molecular weight excluding hydrogens is 416 g/mol. The van der Waals surface area contributed by atoms with Gasteiger partial charge in [-0.1, -0.05) is 66.7 Å². The first-order valence-corrected chi connectivity index (χ1v) is 12.2. The normalized spacial score (nSPS) is 14.6. The van der Waals surface area contributed by atoms with Crippen LogP contribution in [0.4, 0.5) is 5.69 Å². The average Bonchev–Trinajstić information content (AvgIpc) is 2.85. The zero-order valence-corrected chi connectivity index (χ0v) is 18.9. The van der Waals surface area contributed by atoms with Gasteiger partial charge >= 0.3 is 0 Å². The first-order chi connectivity index (χ1) is 15.7. The summed E-state index contributed by atoms with van der Waals surface area (Å²) >= 11 is 1.97. The van der Waals surface area contributed by atoms with Crippen molar-refractivity contribution in [2.45, 2.75) is 18.9 Å². The van der Waals surface area contributed by atoms with E-state index in [0.717, 1.165) is 41.4 Å². The summed E-state index contributed by atoms with van der Waals surface area (Å²) in [7, 11) is 0. The fourth-order valence-corrected chi connectivity index (χ4v) is 4.91. The SMILES string of the molecule is O=C(NC(Cc1ccccc1)C(=O)Cc1ccccc1N1CCSCC1)c1ccccc1. The molecule has 32 heavy (non-hydrogen) atoms. The third-order valence-electron chi connectivity index (χ3n) is 5.72. The zero-order valence-electron chi connectivity index (χ0n) is 18.1. The summed E-state index contributed by atoms with van der Waals surface area (Å²) in [5, 5.41) is 3.00. The number of para-hydroxylation sites is 1. The average molecular weight is 445 g/mol. The molecule has 1 amide bonds. The van der Waals surface area contributed by atoms with Gasteiger partial charge in [0.05, 0.1) is 6.04 Å². The lowest BCUT2D eigenvalue weighted by atomic mass is 9.96. The number of amides is 1. The largest absolute Gasteiger partial charge is 0.370 e. The Balaban J connectivity index is 1.54. The second kappa shape index (κ2) is 11.0. The maximum absolute atomic E-state index is 13.5. The Morgan fingerprint density at radius 1 is 0.844 bits per heavy atom. The summed E-state index contributed by atoms with van der Waals surface area (Å²) in [5.74, 6) is 2.01. The smallest absolute Gasteiger partial charge is 0.251 e. The first kappa shape index (κ1) is 22.2. The minimum Gasteiger partial charge on any atom is -0.370 e.